The van der Waals surface area contributed by atoms with Gasteiger partial charge in [0.2, 0.25) is 0 Å². The number of nitrogens with zero attached hydrogens (tertiary/aromatic N) is 2. The van der Waals surface area contributed by atoms with Gasteiger partial charge in [0.05, 0.1) is 18.3 Å². The van der Waals surface area contributed by atoms with E-state index in [1.807, 2.05) is 13.1 Å². The summed E-state index contributed by atoms with van der Waals surface area (Å²) in [7, 11) is 4.08. The number of likely N-dealkylation sites (N-methyl/N-ethyl adjacent to an activating group) is 1. The quantitative estimate of drug-likeness (QED) is 0.355. The smallest absolute Gasteiger partial charge is 0.138 e. The second kappa shape index (κ2) is 9.86. The average Bonchev–Trinajstić information content (AvgIpc) is 3.62. The van der Waals surface area contributed by atoms with Crippen LogP contribution in [0.15, 0.2) is 36.2 Å². The van der Waals surface area contributed by atoms with Crippen LogP contribution in [-0.4, -0.2) is 67.6 Å². The predicted octanol–water partition coefficient (Wildman–Crippen LogP) is 2.61. The van der Waals surface area contributed by atoms with E-state index in [0.29, 0.717) is 11.5 Å². The molecule has 2 aliphatic heterocycles. The first-order chi connectivity index (χ1) is 14.4. The van der Waals surface area contributed by atoms with E-state index in [-0.39, 0.29) is 24.5 Å². The molecule has 0 bridgehead atoms. The first kappa shape index (κ1) is 23.3. The minimum atomic E-state index is 0.133. The van der Waals surface area contributed by atoms with E-state index in [1.165, 1.54) is 18.4 Å². The van der Waals surface area contributed by atoms with Crippen LogP contribution in [0.2, 0.25) is 0 Å². The molecule has 2 heterocycles. The molecular weight excluding hydrogens is 374 g/mol. The van der Waals surface area contributed by atoms with E-state index in [4.69, 9.17) is 10.5 Å². The van der Waals surface area contributed by atoms with E-state index >= 15 is 0 Å². The van der Waals surface area contributed by atoms with Gasteiger partial charge >= 0.3 is 0 Å². The van der Waals surface area contributed by atoms with Gasteiger partial charge in [0.25, 0.3) is 0 Å². The number of likely N-dealkylation sites (tertiary alicyclic amines) is 1. The van der Waals surface area contributed by atoms with Gasteiger partial charge in [-0.15, -0.1) is 0 Å². The van der Waals surface area contributed by atoms with Crippen LogP contribution in [0.4, 0.5) is 0 Å². The zero-order valence-corrected chi connectivity index (χ0v) is 19.8. The first-order valence-electron chi connectivity index (χ1n) is 11.7. The van der Waals surface area contributed by atoms with Crippen LogP contribution in [-0.2, 0) is 4.74 Å². The highest BCUT2D eigenvalue weighted by molar-refractivity contribution is 5.27. The molecule has 0 aromatic carbocycles. The van der Waals surface area contributed by atoms with Gasteiger partial charge in [-0.25, -0.2) is 0 Å². The monoisotopic (exact) mass is 417 g/mol. The Morgan fingerprint density at radius 3 is 2.63 bits per heavy atom. The number of hydrogen-bond donors (Lipinski definition) is 3. The molecule has 3 fully saturated rings. The molecule has 30 heavy (non-hydrogen) atoms. The molecular formula is C24H43N5O. The molecule has 1 saturated carbocycles. The Kier molecular flexibility index (Phi) is 7.66. The normalized spacial score (nSPS) is 33.1. The number of nitrogens with one attached hydrogen (secondary N) is 2. The lowest BCUT2D eigenvalue weighted by atomic mass is 9.81. The first-order valence-corrected chi connectivity index (χ1v) is 11.7. The predicted molar refractivity (Wildman–Crippen MR) is 125 cm³/mol. The van der Waals surface area contributed by atoms with Crippen LogP contribution in [0.25, 0.3) is 0 Å². The fourth-order valence-corrected chi connectivity index (χ4v) is 5.35. The van der Waals surface area contributed by atoms with Crippen molar-refractivity contribution in [2.24, 2.45) is 17.1 Å². The van der Waals surface area contributed by atoms with Gasteiger partial charge in [-0.05, 0) is 62.4 Å². The summed E-state index contributed by atoms with van der Waals surface area (Å²) < 4.78 is 5.93. The molecule has 0 radical (unpaired) electrons. The zero-order chi connectivity index (χ0) is 21.9. The number of ether oxygens (including phenoxy) is 1. The molecule has 3 rings (SSSR count). The summed E-state index contributed by atoms with van der Waals surface area (Å²) in [4.78, 5) is 5.19. The number of epoxide rings is 1. The standard InChI is InChI=1S/C24H43N5O/c1-7-13-29(23-17(2)30-23)20(10-8-9-12-25)18(16-26-5)22(27-6)28-14-11-24(3,4)19-15-21(19)28/h8-10,12,16-17,19-23,26-27H,7,11,13-15,25H2,1-6H3/b10-8-,12-9-,18-16-. The number of nitrogens with two attached hydrogens (primary N) is 1. The van der Waals surface area contributed by atoms with Crippen molar-refractivity contribution in [3.05, 3.63) is 36.2 Å². The highest BCUT2D eigenvalue weighted by Gasteiger charge is 2.55. The third kappa shape index (κ3) is 4.93. The highest BCUT2D eigenvalue weighted by Crippen LogP contribution is 2.54. The number of piperidine rings is 1. The molecule has 6 heteroatoms. The summed E-state index contributed by atoms with van der Waals surface area (Å²) in [6.45, 7) is 11.4. The fraction of sp³-hybridized carbons (Fsp3) is 0.750. The molecule has 4 N–H and O–H groups in total. The van der Waals surface area contributed by atoms with E-state index in [9.17, 15) is 0 Å². The van der Waals surface area contributed by atoms with Crippen LogP contribution < -0.4 is 16.4 Å². The van der Waals surface area contributed by atoms with Crippen molar-refractivity contribution >= 4 is 0 Å². The Bertz CT molecular complexity index is 658. The Morgan fingerprint density at radius 1 is 1.33 bits per heavy atom. The van der Waals surface area contributed by atoms with Crippen molar-refractivity contribution in [2.45, 2.75) is 77.5 Å². The molecule has 2 saturated heterocycles. The van der Waals surface area contributed by atoms with Crippen LogP contribution >= 0.6 is 0 Å². The summed E-state index contributed by atoms with van der Waals surface area (Å²) in [5, 5.41) is 6.99. The van der Waals surface area contributed by atoms with Crippen molar-refractivity contribution in [1.29, 1.82) is 0 Å². The molecule has 3 aliphatic rings. The minimum Gasteiger partial charge on any atom is -0.405 e. The maximum atomic E-state index is 5.93. The van der Waals surface area contributed by atoms with Gasteiger partial charge in [-0.2, -0.15) is 0 Å². The van der Waals surface area contributed by atoms with Crippen LogP contribution in [0.3, 0.4) is 0 Å². The van der Waals surface area contributed by atoms with E-state index in [1.54, 1.807) is 6.20 Å². The highest BCUT2D eigenvalue weighted by atomic mass is 16.6. The van der Waals surface area contributed by atoms with E-state index < -0.39 is 0 Å². The number of hydrogen-bond acceptors (Lipinski definition) is 6. The third-order valence-corrected chi connectivity index (χ3v) is 7.13. The maximum Gasteiger partial charge on any atom is 0.138 e. The molecule has 0 aromatic heterocycles. The second-order valence-electron chi connectivity index (χ2n) is 9.69. The van der Waals surface area contributed by atoms with Gasteiger partial charge < -0.3 is 21.1 Å². The zero-order valence-electron chi connectivity index (χ0n) is 19.8. The molecule has 6 unspecified atom stereocenters. The number of allylic oxidation sites excluding steroid dienone is 2. The van der Waals surface area contributed by atoms with Crippen molar-refractivity contribution in [3.8, 4) is 0 Å². The largest absolute Gasteiger partial charge is 0.405 e. The van der Waals surface area contributed by atoms with Gasteiger partial charge in [0.15, 0.2) is 0 Å². The lowest BCUT2D eigenvalue weighted by Crippen LogP contribution is -2.55. The summed E-state index contributed by atoms with van der Waals surface area (Å²) in [5.41, 5.74) is 7.41. The molecule has 6 nitrogen and oxygen atoms in total. The molecule has 170 valence electrons. The van der Waals surface area contributed by atoms with Crippen LogP contribution in [0, 0.1) is 11.3 Å². The van der Waals surface area contributed by atoms with Crippen molar-refractivity contribution in [3.63, 3.8) is 0 Å². The summed E-state index contributed by atoms with van der Waals surface area (Å²) in [6, 6.07) is 0.809. The Labute approximate surface area is 183 Å². The topological polar surface area (TPSA) is 69.1 Å². The van der Waals surface area contributed by atoms with Crippen molar-refractivity contribution in [2.75, 3.05) is 27.2 Å². The molecule has 1 aliphatic carbocycles. The Hall–Kier alpha value is -1.34. The Balaban J connectivity index is 1.91. The van der Waals surface area contributed by atoms with Crippen LogP contribution in [0.5, 0.6) is 0 Å². The van der Waals surface area contributed by atoms with Crippen LogP contribution in [0.1, 0.15) is 47.0 Å². The maximum absolute atomic E-state index is 5.93. The van der Waals surface area contributed by atoms with Gasteiger partial charge in [-0.1, -0.05) is 32.9 Å². The fourth-order valence-electron chi connectivity index (χ4n) is 5.35. The molecule has 0 spiro atoms. The number of fused-ring (bicyclic) bond motifs is 1. The van der Waals surface area contributed by atoms with Crippen molar-refractivity contribution in [1.82, 2.24) is 20.4 Å². The molecule has 0 amide bonds. The lowest BCUT2D eigenvalue weighted by molar-refractivity contribution is 0.0768. The van der Waals surface area contributed by atoms with Gasteiger partial charge in [0, 0.05) is 32.4 Å². The average molecular weight is 418 g/mol. The van der Waals surface area contributed by atoms with Gasteiger partial charge in [-0.3, -0.25) is 9.80 Å². The van der Waals surface area contributed by atoms with E-state index in [2.05, 4.69) is 73.5 Å². The molecule has 6 atom stereocenters. The summed E-state index contributed by atoms with van der Waals surface area (Å²) in [6.07, 6.45) is 14.3. The van der Waals surface area contributed by atoms with E-state index in [0.717, 1.165) is 25.4 Å². The lowest BCUT2D eigenvalue weighted by Gasteiger charge is -2.43. The van der Waals surface area contributed by atoms with Crippen molar-refractivity contribution < 1.29 is 4.74 Å². The number of rotatable bonds is 11. The summed E-state index contributed by atoms with van der Waals surface area (Å²) in [5.74, 6) is 0.811. The second-order valence-corrected chi connectivity index (χ2v) is 9.69. The van der Waals surface area contributed by atoms with Gasteiger partial charge in [0.1, 0.15) is 6.23 Å². The SMILES string of the molecule is CCCN(C(/C=C\C=C/N)/C(=C/NC)C(NC)N1CCC(C)(C)C2CC21)C1OC1C. The molecule has 0 aromatic rings. The third-order valence-electron chi connectivity index (χ3n) is 7.13. The minimum absolute atomic E-state index is 0.133. The Morgan fingerprint density at radius 2 is 2.07 bits per heavy atom. The summed E-state index contributed by atoms with van der Waals surface area (Å²) >= 11 is 0.